The van der Waals surface area contributed by atoms with Crippen molar-refractivity contribution in [1.29, 1.82) is 0 Å². The smallest absolute Gasteiger partial charge is 0.245 e. The fourth-order valence-electron chi connectivity index (χ4n) is 0.684. The van der Waals surface area contributed by atoms with Crippen LogP contribution in [0.2, 0.25) is 0 Å². The molecule has 0 radical (unpaired) electrons. The molecule has 2 aromatic carbocycles. The van der Waals surface area contributed by atoms with Gasteiger partial charge in [0.05, 0.1) is 0 Å². The molecule has 2 aromatic rings. The molecule has 0 aliphatic carbocycles. The maximum atomic E-state index is 3.25. The zero-order valence-electron chi connectivity index (χ0n) is 9.10. The predicted octanol–water partition coefficient (Wildman–Crippen LogP) is 3.98. The molecule has 84 valence electrons. The molecule has 0 aromatic heterocycles. The van der Waals surface area contributed by atoms with Crippen LogP contribution >= 0.6 is 0 Å². The Bertz CT molecular complexity index is 218. The number of benzene rings is 2. The Morgan fingerprint density at radius 1 is 0.750 bits per heavy atom. The van der Waals surface area contributed by atoms with Crippen molar-refractivity contribution in [2.45, 2.75) is 0 Å². The van der Waals surface area contributed by atoms with Gasteiger partial charge in [0.25, 0.3) is 0 Å². The van der Waals surface area contributed by atoms with Crippen molar-refractivity contribution in [3.8, 4) is 0 Å². The van der Waals surface area contributed by atoms with E-state index in [9.17, 15) is 0 Å². The van der Waals surface area contributed by atoms with E-state index in [2.05, 4.69) is 25.6 Å². The molecule has 1 heteroatoms. The Morgan fingerprint density at radius 3 is 1.06 bits per heavy atom. The van der Waals surface area contributed by atoms with Crippen LogP contribution in [-0.2, 0) is 19.5 Å². The molecule has 0 nitrogen and oxygen atoms in total. The quantitative estimate of drug-likeness (QED) is 0.510. The van der Waals surface area contributed by atoms with Gasteiger partial charge in [0, 0.05) is 0 Å². The largest absolute Gasteiger partial charge is 3.00 e. The van der Waals surface area contributed by atoms with Gasteiger partial charge in [-0.25, -0.2) is 19.6 Å². The van der Waals surface area contributed by atoms with Crippen LogP contribution in [0, 0.1) is 19.1 Å². The molecule has 0 fully saturated rings. The maximum absolute atomic E-state index is 3.25. The molecule has 0 amide bonds. The minimum Gasteiger partial charge on any atom is -0.245 e. The van der Waals surface area contributed by atoms with Gasteiger partial charge in [0.2, 0.25) is 0 Å². The van der Waals surface area contributed by atoms with Gasteiger partial charge in [-0.05, 0) is 0 Å². The van der Waals surface area contributed by atoms with E-state index in [1.165, 1.54) is 6.08 Å². The first kappa shape index (κ1) is 17.1. The van der Waals surface area contributed by atoms with Crippen LogP contribution in [0.1, 0.15) is 0 Å². The van der Waals surface area contributed by atoms with Crippen molar-refractivity contribution in [3.05, 3.63) is 92.4 Å². The molecular weight excluding hydrogens is 283 g/mol. The van der Waals surface area contributed by atoms with Gasteiger partial charge in [-0.2, -0.15) is 72.8 Å². The number of hydrogen-bond acceptors (Lipinski definition) is 0. The molecule has 0 unspecified atom stereocenters. The van der Waals surface area contributed by atoms with Crippen molar-refractivity contribution in [3.63, 3.8) is 0 Å². The van der Waals surface area contributed by atoms with Crippen LogP contribution in [-0.4, -0.2) is 0 Å². The Labute approximate surface area is 112 Å². The average molecular weight is 298 g/mol. The summed E-state index contributed by atoms with van der Waals surface area (Å²) >= 11 is 0. The van der Waals surface area contributed by atoms with Crippen molar-refractivity contribution < 1.29 is 19.5 Å². The molecule has 0 aliphatic heterocycles. The van der Waals surface area contributed by atoms with Crippen LogP contribution in [0.25, 0.3) is 0 Å². The fourth-order valence-corrected chi connectivity index (χ4v) is 0.684. The monoisotopic (exact) mass is 298 g/mol. The molecule has 0 heterocycles. The molecule has 0 saturated carbocycles. The van der Waals surface area contributed by atoms with Crippen molar-refractivity contribution in [1.82, 2.24) is 0 Å². The zero-order chi connectivity index (χ0) is 11.2. The van der Waals surface area contributed by atoms with Crippen molar-refractivity contribution in [2.75, 3.05) is 0 Å². The van der Waals surface area contributed by atoms with Gasteiger partial charge in [-0.1, -0.05) is 0 Å². The van der Waals surface area contributed by atoms with E-state index in [0.717, 1.165) is 0 Å². The summed E-state index contributed by atoms with van der Waals surface area (Å²) in [5.41, 5.74) is 0. The van der Waals surface area contributed by atoms with E-state index in [-0.39, 0.29) is 19.5 Å². The molecule has 0 N–H and O–H groups in total. The molecule has 0 bridgehead atoms. The van der Waals surface area contributed by atoms with Crippen LogP contribution in [0.15, 0.2) is 73.3 Å². The zero-order valence-corrected chi connectivity index (χ0v) is 10.7. The molecule has 0 saturated heterocycles. The summed E-state index contributed by atoms with van der Waals surface area (Å²) in [4.78, 5) is 0. The summed E-state index contributed by atoms with van der Waals surface area (Å²) in [5.74, 6) is 0. The first-order valence-electron chi connectivity index (χ1n) is 4.64. The molecule has 16 heavy (non-hydrogen) atoms. The third-order valence-electron chi connectivity index (χ3n) is 1.21. The maximum Gasteiger partial charge on any atom is 3.00 e. The first-order chi connectivity index (χ1) is 7.41. The minimum absolute atomic E-state index is 0. The summed E-state index contributed by atoms with van der Waals surface area (Å²) in [6, 6.07) is 25.0. The van der Waals surface area contributed by atoms with Crippen LogP contribution in [0.5, 0.6) is 0 Å². The number of hydrogen-bond donors (Lipinski definition) is 0. The normalized spacial score (nSPS) is 6.75. The van der Waals surface area contributed by atoms with E-state index >= 15 is 0 Å². The predicted molar refractivity (Wildman–Crippen MR) is 66.1 cm³/mol. The van der Waals surface area contributed by atoms with Gasteiger partial charge < -0.3 is 0 Å². The Balaban J connectivity index is 0. The van der Waals surface area contributed by atoms with E-state index in [4.69, 9.17) is 0 Å². The van der Waals surface area contributed by atoms with Gasteiger partial charge in [0.1, 0.15) is 0 Å². The molecule has 0 atom stereocenters. The SMILES string of the molecule is C=C[CH2-].[Rh+3].[c-]1ccccc1.[c-]1ccccc1. The number of allylic oxidation sites excluding steroid dienone is 1. The van der Waals surface area contributed by atoms with E-state index in [0.29, 0.717) is 0 Å². The number of rotatable bonds is 0. The summed E-state index contributed by atoms with van der Waals surface area (Å²) < 4.78 is 0. The van der Waals surface area contributed by atoms with E-state index in [1.807, 2.05) is 60.7 Å². The van der Waals surface area contributed by atoms with Gasteiger partial charge in [-0.3, -0.25) is 0 Å². The molecular formula is C15H15Rh. The second-order valence-electron chi connectivity index (χ2n) is 2.44. The van der Waals surface area contributed by atoms with Crippen molar-refractivity contribution in [2.24, 2.45) is 0 Å². The Kier molecular flexibility index (Phi) is 17.2. The summed E-state index contributed by atoms with van der Waals surface area (Å²) in [6.45, 7) is 6.50. The molecule has 2 rings (SSSR count). The van der Waals surface area contributed by atoms with Crippen LogP contribution < -0.4 is 0 Å². The fraction of sp³-hybridized carbons (Fsp3) is 0. The van der Waals surface area contributed by atoms with Gasteiger partial charge in [-0.15, -0.1) is 0 Å². The second-order valence-corrected chi connectivity index (χ2v) is 2.44. The van der Waals surface area contributed by atoms with Gasteiger partial charge >= 0.3 is 19.5 Å². The average Bonchev–Trinajstić information content (AvgIpc) is 2.35. The summed E-state index contributed by atoms with van der Waals surface area (Å²) in [5, 5.41) is 0. The molecule has 0 aliphatic rings. The Morgan fingerprint density at radius 2 is 1.00 bits per heavy atom. The standard InChI is InChI=1S/2C6H5.C3H5.Rh/c2*1-2-4-6-5-3-1;1-3-2;/h2*1-5H;3H,1-2H2;/q3*-1;+3. The minimum atomic E-state index is 0. The third kappa shape index (κ3) is 15.2. The van der Waals surface area contributed by atoms with E-state index in [1.54, 1.807) is 0 Å². The van der Waals surface area contributed by atoms with Gasteiger partial charge in [0.15, 0.2) is 0 Å². The molecule has 0 spiro atoms. The summed E-state index contributed by atoms with van der Waals surface area (Å²) in [7, 11) is 0. The van der Waals surface area contributed by atoms with E-state index < -0.39 is 0 Å². The topological polar surface area (TPSA) is 0 Å². The Hall–Kier alpha value is -1.33. The van der Waals surface area contributed by atoms with Crippen LogP contribution in [0.3, 0.4) is 0 Å². The first-order valence-corrected chi connectivity index (χ1v) is 4.64. The van der Waals surface area contributed by atoms with Crippen LogP contribution in [0.4, 0.5) is 0 Å². The summed E-state index contributed by atoms with van der Waals surface area (Å²) in [6.07, 6.45) is 1.50. The van der Waals surface area contributed by atoms with Crippen molar-refractivity contribution >= 4 is 0 Å². The second kappa shape index (κ2) is 16.1. The third-order valence-corrected chi connectivity index (χ3v) is 1.21.